The third-order valence-corrected chi connectivity index (χ3v) is 4.31. The zero-order valence-electron chi connectivity index (χ0n) is 14.6. The molecule has 0 saturated heterocycles. The normalized spacial score (nSPS) is 11.3. The Kier molecular flexibility index (Phi) is 4.76. The first-order chi connectivity index (χ1) is 12.0. The molecule has 4 rings (SSSR count). The van der Waals surface area contributed by atoms with Crippen LogP contribution in [0.15, 0.2) is 67.4 Å². The van der Waals surface area contributed by atoms with Gasteiger partial charge in [0.25, 0.3) is 0 Å². The summed E-state index contributed by atoms with van der Waals surface area (Å²) in [6.45, 7) is 4.00. The molecule has 0 saturated carbocycles. The number of benzene rings is 1. The predicted octanol–water partition coefficient (Wildman–Crippen LogP) is 4.10. The van der Waals surface area contributed by atoms with E-state index in [1.54, 1.807) is 12.5 Å². The summed E-state index contributed by atoms with van der Waals surface area (Å²) in [5.74, 6) is 0. The fourth-order valence-corrected chi connectivity index (χ4v) is 2.94. The van der Waals surface area contributed by atoms with Crippen molar-refractivity contribution in [2.45, 2.75) is 19.4 Å². The molecule has 26 heavy (non-hydrogen) atoms. The van der Waals surface area contributed by atoms with Gasteiger partial charge in [0, 0.05) is 28.9 Å². The average Bonchev–Trinajstić information content (AvgIpc) is 3.06. The second-order valence-corrected chi connectivity index (χ2v) is 6.66. The fourth-order valence-electron chi connectivity index (χ4n) is 2.94. The number of nitrogens with zero attached hydrogens (tertiary/aromatic N) is 4. The van der Waals surface area contributed by atoms with Gasteiger partial charge in [-0.2, -0.15) is 0 Å². The molecular weight excluding hydrogens is 346 g/mol. The van der Waals surface area contributed by atoms with Crippen LogP contribution in [0.2, 0.25) is 0 Å². The van der Waals surface area contributed by atoms with Crippen LogP contribution >= 0.6 is 12.4 Å². The van der Waals surface area contributed by atoms with Gasteiger partial charge in [-0.1, -0.05) is 24.3 Å². The van der Waals surface area contributed by atoms with Crippen molar-refractivity contribution in [1.82, 2.24) is 19.5 Å². The first-order valence-electron chi connectivity index (χ1n) is 8.16. The molecule has 5 nitrogen and oxygen atoms in total. The molecule has 0 unspecified atom stereocenters. The minimum atomic E-state index is -0.358. The zero-order chi connectivity index (χ0) is 17.4. The van der Waals surface area contributed by atoms with Crippen LogP contribution in [0.5, 0.6) is 0 Å². The van der Waals surface area contributed by atoms with Crippen LogP contribution < -0.4 is 5.73 Å². The highest BCUT2D eigenvalue weighted by atomic mass is 35.5. The lowest BCUT2D eigenvalue weighted by molar-refractivity contribution is 0.554. The summed E-state index contributed by atoms with van der Waals surface area (Å²) in [4.78, 5) is 13.2. The van der Waals surface area contributed by atoms with E-state index >= 15 is 0 Å². The van der Waals surface area contributed by atoms with Gasteiger partial charge in [0.15, 0.2) is 0 Å². The molecule has 3 aromatic heterocycles. The van der Waals surface area contributed by atoms with E-state index in [9.17, 15) is 0 Å². The number of halogens is 1. The van der Waals surface area contributed by atoms with Gasteiger partial charge in [-0.15, -0.1) is 12.4 Å². The van der Waals surface area contributed by atoms with Gasteiger partial charge < -0.3 is 5.73 Å². The maximum Gasteiger partial charge on any atom is 0.148 e. The molecule has 1 aromatic carbocycles. The Morgan fingerprint density at radius 2 is 1.77 bits per heavy atom. The van der Waals surface area contributed by atoms with E-state index in [0.29, 0.717) is 0 Å². The molecule has 6 heteroatoms. The van der Waals surface area contributed by atoms with E-state index in [1.807, 2.05) is 49.0 Å². The van der Waals surface area contributed by atoms with Crippen molar-refractivity contribution in [1.29, 1.82) is 0 Å². The maximum atomic E-state index is 6.17. The van der Waals surface area contributed by atoms with Crippen molar-refractivity contribution in [2.24, 2.45) is 5.73 Å². The van der Waals surface area contributed by atoms with E-state index < -0.39 is 0 Å². The van der Waals surface area contributed by atoms with Crippen LogP contribution in [0, 0.1) is 0 Å². The van der Waals surface area contributed by atoms with E-state index in [1.165, 1.54) is 0 Å². The van der Waals surface area contributed by atoms with Crippen LogP contribution in [0.1, 0.15) is 19.4 Å². The topological polar surface area (TPSA) is 69.6 Å². The summed E-state index contributed by atoms with van der Waals surface area (Å²) in [6.07, 6.45) is 7.18. The quantitative estimate of drug-likeness (QED) is 0.593. The van der Waals surface area contributed by atoms with Crippen LogP contribution in [0.4, 0.5) is 0 Å². The van der Waals surface area contributed by atoms with E-state index in [-0.39, 0.29) is 17.9 Å². The number of rotatable bonds is 3. The molecule has 132 valence electrons. The van der Waals surface area contributed by atoms with Crippen molar-refractivity contribution >= 4 is 23.4 Å². The third kappa shape index (κ3) is 3.19. The summed E-state index contributed by atoms with van der Waals surface area (Å²) < 4.78 is 2.02. The summed E-state index contributed by atoms with van der Waals surface area (Å²) in [6, 6.07) is 14.2. The van der Waals surface area contributed by atoms with Gasteiger partial charge in [0.2, 0.25) is 0 Å². The predicted molar refractivity (Wildman–Crippen MR) is 107 cm³/mol. The van der Waals surface area contributed by atoms with E-state index in [4.69, 9.17) is 5.73 Å². The molecule has 3 heterocycles. The van der Waals surface area contributed by atoms with Gasteiger partial charge in [0.05, 0.1) is 17.6 Å². The van der Waals surface area contributed by atoms with Crippen molar-refractivity contribution in [3.63, 3.8) is 0 Å². The van der Waals surface area contributed by atoms with Crippen molar-refractivity contribution in [3.8, 4) is 16.9 Å². The number of hydrogen-bond acceptors (Lipinski definition) is 4. The zero-order valence-corrected chi connectivity index (χ0v) is 15.4. The molecule has 0 fully saturated rings. The van der Waals surface area contributed by atoms with Gasteiger partial charge in [-0.3, -0.25) is 9.55 Å². The first-order valence-corrected chi connectivity index (χ1v) is 8.16. The molecule has 2 N–H and O–H groups in total. The maximum absolute atomic E-state index is 6.17. The molecule has 0 bridgehead atoms. The highest BCUT2D eigenvalue weighted by molar-refractivity contribution is 5.91. The molecule has 0 aliphatic carbocycles. The van der Waals surface area contributed by atoms with Crippen LogP contribution in [-0.2, 0) is 5.54 Å². The lowest BCUT2D eigenvalue weighted by Gasteiger charge is -2.19. The molecule has 0 spiro atoms. The molecule has 0 aliphatic rings. The number of nitrogens with two attached hydrogens (primary N) is 1. The summed E-state index contributed by atoms with van der Waals surface area (Å²) in [5, 5.41) is 1.01. The summed E-state index contributed by atoms with van der Waals surface area (Å²) in [5.41, 5.74) is 10.7. The Morgan fingerprint density at radius 1 is 1.00 bits per heavy atom. The number of aromatic nitrogens is 4. The monoisotopic (exact) mass is 365 g/mol. The Labute approximate surface area is 158 Å². The van der Waals surface area contributed by atoms with E-state index in [2.05, 4.69) is 39.2 Å². The van der Waals surface area contributed by atoms with Gasteiger partial charge in [-0.05, 0) is 37.6 Å². The second-order valence-electron chi connectivity index (χ2n) is 6.66. The highest BCUT2D eigenvalue weighted by Gasteiger charge is 2.15. The smallest absolute Gasteiger partial charge is 0.148 e. The van der Waals surface area contributed by atoms with Crippen LogP contribution in [-0.4, -0.2) is 19.5 Å². The lowest BCUT2D eigenvalue weighted by Crippen LogP contribution is -2.28. The average molecular weight is 366 g/mol. The Hall–Kier alpha value is -2.76. The number of hydrogen-bond donors (Lipinski definition) is 1. The summed E-state index contributed by atoms with van der Waals surface area (Å²) in [7, 11) is 0. The molecule has 0 amide bonds. The molecule has 0 atom stereocenters. The van der Waals surface area contributed by atoms with Gasteiger partial charge in [-0.25, -0.2) is 9.97 Å². The van der Waals surface area contributed by atoms with E-state index in [0.717, 1.165) is 33.5 Å². The largest absolute Gasteiger partial charge is 0.322 e. The third-order valence-electron chi connectivity index (χ3n) is 4.31. The van der Waals surface area contributed by atoms with Crippen molar-refractivity contribution in [2.75, 3.05) is 0 Å². The summed E-state index contributed by atoms with van der Waals surface area (Å²) >= 11 is 0. The Morgan fingerprint density at radius 3 is 2.42 bits per heavy atom. The van der Waals surface area contributed by atoms with Crippen LogP contribution in [0.25, 0.3) is 28.0 Å². The van der Waals surface area contributed by atoms with Crippen molar-refractivity contribution < 1.29 is 0 Å². The van der Waals surface area contributed by atoms with Crippen LogP contribution in [0.3, 0.4) is 0 Å². The van der Waals surface area contributed by atoms with Gasteiger partial charge in [0.1, 0.15) is 12.0 Å². The SMILES string of the molecule is CC(C)(N)c1ccc(-c2ncnc3c2ccn3-c2cccnc2)cc1.Cl. The lowest BCUT2D eigenvalue weighted by atomic mass is 9.94. The Balaban J connectivity index is 0.00000196. The van der Waals surface area contributed by atoms with Crippen molar-refractivity contribution in [3.05, 3.63) is 72.9 Å². The second kappa shape index (κ2) is 6.86. The highest BCUT2D eigenvalue weighted by Crippen LogP contribution is 2.29. The minimum Gasteiger partial charge on any atom is -0.322 e. The fraction of sp³-hybridized carbons (Fsp3) is 0.150. The molecule has 4 aromatic rings. The standard InChI is InChI=1S/C20H19N5.ClH/c1-20(2,21)15-7-5-14(6-8-15)18-17-9-11-25(19(17)24-13-23-18)16-4-3-10-22-12-16;/h3-13H,21H2,1-2H3;1H. The molecule has 0 aliphatic heterocycles. The minimum absolute atomic E-state index is 0. The molecule has 0 radical (unpaired) electrons. The molecular formula is C20H20ClN5. The number of fused-ring (bicyclic) bond motifs is 1. The van der Waals surface area contributed by atoms with Gasteiger partial charge >= 0.3 is 0 Å². The Bertz CT molecular complexity index is 1020. The number of pyridine rings is 1. The first kappa shape index (κ1) is 18.0.